The van der Waals surface area contributed by atoms with Crippen LogP contribution in [0, 0.1) is 11.8 Å². The van der Waals surface area contributed by atoms with Crippen molar-refractivity contribution in [2.45, 2.75) is 69.8 Å². The van der Waals surface area contributed by atoms with Crippen LogP contribution in [0.1, 0.15) is 64.2 Å². The zero-order chi connectivity index (χ0) is 12.1. The van der Waals surface area contributed by atoms with E-state index in [0.29, 0.717) is 0 Å². The molecular formula is C14H27BrOSi. The molecule has 0 aromatic heterocycles. The van der Waals surface area contributed by atoms with Crippen molar-refractivity contribution in [1.29, 1.82) is 0 Å². The second-order valence-corrected chi connectivity index (χ2v) is 6.93. The SMILES string of the molecule is [SiH3]OC(CBr)(C1CCCCC1)C1CCCCC1. The van der Waals surface area contributed by atoms with Gasteiger partial charge in [0.05, 0.1) is 5.60 Å². The molecule has 1 nitrogen and oxygen atoms in total. The Balaban J connectivity index is 2.10. The molecule has 0 bridgehead atoms. The van der Waals surface area contributed by atoms with E-state index in [4.69, 9.17) is 4.43 Å². The third-order valence-electron chi connectivity index (χ3n) is 5.18. The van der Waals surface area contributed by atoms with Crippen LogP contribution in [0.2, 0.25) is 0 Å². The van der Waals surface area contributed by atoms with E-state index in [1.54, 1.807) is 0 Å². The third kappa shape index (κ3) is 2.98. The molecule has 0 unspecified atom stereocenters. The van der Waals surface area contributed by atoms with Crippen molar-refractivity contribution in [2.24, 2.45) is 11.8 Å². The maximum atomic E-state index is 6.26. The number of hydrogen-bond acceptors (Lipinski definition) is 1. The lowest BCUT2D eigenvalue weighted by molar-refractivity contribution is -0.0443. The van der Waals surface area contributed by atoms with Gasteiger partial charge in [0.25, 0.3) is 0 Å². The topological polar surface area (TPSA) is 9.23 Å². The summed E-state index contributed by atoms with van der Waals surface area (Å²) < 4.78 is 6.26. The molecule has 2 fully saturated rings. The number of alkyl halides is 1. The Morgan fingerprint density at radius 1 is 0.882 bits per heavy atom. The first-order chi connectivity index (χ1) is 8.33. The molecule has 0 atom stereocenters. The summed E-state index contributed by atoms with van der Waals surface area (Å²) in [6, 6.07) is 0. The van der Waals surface area contributed by atoms with E-state index in [1.165, 1.54) is 64.2 Å². The normalized spacial score (nSPS) is 25.2. The van der Waals surface area contributed by atoms with E-state index in [0.717, 1.165) is 27.7 Å². The maximum Gasteiger partial charge on any atom is 0.146 e. The van der Waals surface area contributed by atoms with Gasteiger partial charge in [-0.1, -0.05) is 54.5 Å². The smallest absolute Gasteiger partial charge is 0.146 e. The van der Waals surface area contributed by atoms with Crippen molar-refractivity contribution in [2.75, 3.05) is 5.33 Å². The summed E-state index contributed by atoms with van der Waals surface area (Å²) in [5.41, 5.74) is 0.201. The van der Waals surface area contributed by atoms with Crippen LogP contribution in [0.5, 0.6) is 0 Å². The molecule has 0 radical (unpaired) electrons. The first kappa shape index (κ1) is 14.1. The number of hydrogen-bond donors (Lipinski definition) is 0. The van der Waals surface area contributed by atoms with Gasteiger partial charge in [0.1, 0.15) is 10.5 Å². The summed E-state index contributed by atoms with van der Waals surface area (Å²) >= 11 is 3.80. The van der Waals surface area contributed by atoms with Gasteiger partial charge in [0.15, 0.2) is 0 Å². The Kier molecular flexibility index (Phi) is 5.56. The fourth-order valence-electron chi connectivity index (χ4n) is 4.12. The van der Waals surface area contributed by atoms with Gasteiger partial charge in [-0.3, -0.25) is 0 Å². The predicted molar refractivity (Wildman–Crippen MR) is 80.7 cm³/mol. The molecule has 2 aliphatic carbocycles. The van der Waals surface area contributed by atoms with Crippen LogP contribution >= 0.6 is 15.9 Å². The molecule has 0 N–H and O–H groups in total. The van der Waals surface area contributed by atoms with Crippen LogP contribution < -0.4 is 0 Å². The zero-order valence-corrected chi connectivity index (χ0v) is 14.8. The lowest BCUT2D eigenvalue weighted by Crippen LogP contribution is -2.50. The van der Waals surface area contributed by atoms with E-state index in [1.807, 2.05) is 0 Å². The molecule has 17 heavy (non-hydrogen) atoms. The molecule has 0 aliphatic heterocycles. The van der Waals surface area contributed by atoms with E-state index >= 15 is 0 Å². The third-order valence-corrected chi connectivity index (χ3v) is 6.82. The molecule has 0 saturated heterocycles. The highest BCUT2D eigenvalue weighted by atomic mass is 79.9. The molecule has 0 amide bonds. The quantitative estimate of drug-likeness (QED) is 0.568. The van der Waals surface area contributed by atoms with Gasteiger partial charge in [-0.05, 0) is 37.5 Å². The van der Waals surface area contributed by atoms with Crippen molar-refractivity contribution in [3.05, 3.63) is 0 Å². The largest absolute Gasteiger partial charge is 0.421 e. The molecule has 0 aromatic rings. The highest BCUT2D eigenvalue weighted by Gasteiger charge is 2.44. The number of halogens is 1. The Hall–Kier alpha value is 0.657. The van der Waals surface area contributed by atoms with Gasteiger partial charge in [-0.15, -0.1) is 0 Å². The first-order valence-electron chi connectivity index (χ1n) is 7.44. The van der Waals surface area contributed by atoms with E-state index in [9.17, 15) is 0 Å². The predicted octanol–water partition coefficient (Wildman–Crippen LogP) is 3.58. The van der Waals surface area contributed by atoms with Gasteiger partial charge >= 0.3 is 0 Å². The highest BCUT2D eigenvalue weighted by molar-refractivity contribution is 9.09. The fourth-order valence-corrected chi connectivity index (χ4v) is 6.50. The lowest BCUT2D eigenvalue weighted by Gasteiger charge is -2.48. The molecule has 2 saturated carbocycles. The fraction of sp³-hybridized carbons (Fsp3) is 1.00. The van der Waals surface area contributed by atoms with Crippen molar-refractivity contribution in [1.82, 2.24) is 0 Å². The van der Waals surface area contributed by atoms with E-state index in [2.05, 4.69) is 15.9 Å². The average Bonchev–Trinajstić information content (AvgIpc) is 2.43. The molecule has 3 heteroatoms. The summed E-state index contributed by atoms with van der Waals surface area (Å²) in [7, 11) is 0.893. The van der Waals surface area contributed by atoms with Gasteiger partial charge < -0.3 is 4.43 Å². The molecular weight excluding hydrogens is 292 g/mol. The van der Waals surface area contributed by atoms with Crippen LogP contribution in [0.15, 0.2) is 0 Å². The summed E-state index contributed by atoms with van der Waals surface area (Å²) in [6.07, 6.45) is 14.2. The first-order valence-corrected chi connectivity index (χ1v) is 9.38. The second-order valence-electron chi connectivity index (χ2n) is 5.96. The monoisotopic (exact) mass is 318 g/mol. The Bertz CT molecular complexity index is 198. The minimum atomic E-state index is 0.201. The van der Waals surface area contributed by atoms with Crippen molar-refractivity contribution in [3.63, 3.8) is 0 Å². The maximum absolute atomic E-state index is 6.26. The van der Waals surface area contributed by atoms with Gasteiger partial charge in [0, 0.05) is 5.33 Å². The van der Waals surface area contributed by atoms with Gasteiger partial charge in [-0.2, -0.15) is 0 Å². The number of rotatable bonds is 4. The molecule has 0 aromatic carbocycles. The van der Waals surface area contributed by atoms with Gasteiger partial charge in [0.2, 0.25) is 0 Å². The van der Waals surface area contributed by atoms with Crippen LogP contribution in [-0.2, 0) is 4.43 Å². The highest BCUT2D eigenvalue weighted by Crippen LogP contribution is 2.45. The second kappa shape index (κ2) is 6.72. The summed E-state index contributed by atoms with van der Waals surface area (Å²) in [4.78, 5) is 0. The van der Waals surface area contributed by atoms with Crippen LogP contribution in [0.25, 0.3) is 0 Å². The van der Waals surface area contributed by atoms with E-state index in [-0.39, 0.29) is 5.60 Å². The average molecular weight is 319 g/mol. The lowest BCUT2D eigenvalue weighted by atomic mass is 9.67. The van der Waals surface area contributed by atoms with Crippen molar-refractivity contribution >= 4 is 26.4 Å². The Labute approximate surface area is 118 Å². The zero-order valence-electron chi connectivity index (χ0n) is 11.2. The standard InChI is InChI=1S/C14H27BrOSi/c15-11-14(16-17,12-7-3-1-4-8-12)13-9-5-2-6-10-13/h12-13H,1-11H2,17H3. The van der Waals surface area contributed by atoms with Crippen molar-refractivity contribution < 1.29 is 4.43 Å². The molecule has 100 valence electrons. The summed E-state index contributed by atoms with van der Waals surface area (Å²) in [6.45, 7) is 0. The minimum Gasteiger partial charge on any atom is -0.421 e. The van der Waals surface area contributed by atoms with Crippen LogP contribution in [0.4, 0.5) is 0 Å². The minimum absolute atomic E-state index is 0.201. The molecule has 2 aliphatic rings. The summed E-state index contributed by atoms with van der Waals surface area (Å²) in [5, 5.41) is 1.07. The Morgan fingerprint density at radius 3 is 1.59 bits per heavy atom. The van der Waals surface area contributed by atoms with E-state index < -0.39 is 0 Å². The van der Waals surface area contributed by atoms with Crippen LogP contribution in [-0.4, -0.2) is 21.4 Å². The molecule has 0 heterocycles. The summed E-state index contributed by atoms with van der Waals surface area (Å²) in [5.74, 6) is 1.66. The Morgan fingerprint density at radius 2 is 1.29 bits per heavy atom. The van der Waals surface area contributed by atoms with Crippen molar-refractivity contribution in [3.8, 4) is 0 Å². The van der Waals surface area contributed by atoms with Crippen LogP contribution in [0.3, 0.4) is 0 Å². The molecule has 0 spiro atoms. The molecule has 2 rings (SSSR count). The van der Waals surface area contributed by atoms with Gasteiger partial charge in [-0.25, -0.2) is 0 Å².